The first-order valence-electron chi connectivity index (χ1n) is 5.80. The van der Waals surface area contributed by atoms with Gasteiger partial charge in [0.1, 0.15) is 5.75 Å². The second-order valence-electron chi connectivity index (χ2n) is 4.31. The Balaban J connectivity index is 2.16. The third-order valence-corrected chi connectivity index (χ3v) is 3.90. The maximum absolute atomic E-state index is 12.0. The van der Waals surface area contributed by atoms with Gasteiger partial charge in [-0.3, -0.25) is 4.79 Å². The molecule has 0 radical (unpaired) electrons. The molecule has 1 heterocycles. The van der Waals surface area contributed by atoms with Crippen LogP contribution in [0.4, 0.5) is 5.69 Å². The predicted octanol–water partition coefficient (Wildman–Crippen LogP) is 2.96. The van der Waals surface area contributed by atoms with Crippen LogP contribution in [0.3, 0.4) is 0 Å². The van der Waals surface area contributed by atoms with E-state index in [2.05, 4.69) is 32.6 Å². The number of carbonyl (C=O) groups excluding carboxylic acids is 1. The van der Waals surface area contributed by atoms with Crippen LogP contribution in [-0.4, -0.2) is 26.1 Å². The van der Waals surface area contributed by atoms with Crippen LogP contribution in [0.1, 0.15) is 6.42 Å². The van der Waals surface area contributed by atoms with Crippen molar-refractivity contribution in [1.29, 1.82) is 0 Å². The van der Waals surface area contributed by atoms with Crippen molar-refractivity contribution in [3.05, 3.63) is 32.2 Å². The van der Waals surface area contributed by atoms with Crippen molar-refractivity contribution in [2.45, 2.75) is 6.42 Å². The first-order chi connectivity index (χ1) is 9.15. The summed E-state index contributed by atoms with van der Waals surface area (Å²) in [4.78, 5) is 16.4. The molecule has 1 amide bonds. The van der Waals surface area contributed by atoms with E-state index in [1.54, 1.807) is 12.0 Å². The lowest BCUT2D eigenvalue weighted by Crippen LogP contribution is -2.24. The summed E-state index contributed by atoms with van der Waals surface area (Å²) >= 11 is 2.18. The highest BCUT2D eigenvalue weighted by Gasteiger charge is 2.30. The number of rotatable bonds is 4. The molecule has 2 rings (SSSR count). The van der Waals surface area contributed by atoms with E-state index in [-0.39, 0.29) is 11.8 Å². The topological polar surface area (TPSA) is 78.3 Å². The van der Waals surface area contributed by atoms with Crippen molar-refractivity contribution in [2.24, 2.45) is 11.0 Å². The van der Waals surface area contributed by atoms with Gasteiger partial charge in [-0.15, -0.1) is 0 Å². The summed E-state index contributed by atoms with van der Waals surface area (Å²) in [5, 5.41) is 3.54. The van der Waals surface area contributed by atoms with Gasteiger partial charge in [0.05, 0.1) is 10.7 Å². The molecule has 100 valence electrons. The number of anilines is 1. The van der Waals surface area contributed by atoms with E-state index >= 15 is 0 Å². The van der Waals surface area contributed by atoms with Crippen LogP contribution >= 0.6 is 22.6 Å². The fourth-order valence-electron chi connectivity index (χ4n) is 2.13. The van der Waals surface area contributed by atoms with Crippen molar-refractivity contribution >= 4 is 34.2 Å². The number of nitrogens with zero attached hydrogens (tertiary/aromatic N) is 4. The molecule has 1 aliphatic heterocycles. The minimum Gasteiger partial charge on any atom is -0.496 e. The summed E-state index contributed by atoms with van der Waals surface area (Å²) < 4.78 is 6.16. The smallest absolute Gasteiger partial charge is 0.227 e. The summed E-state index contributed by atoms with van der Waals surface area (Å²) in [7, 11) is 1.62. The fourth-order valence-corrected chi connectivity index (χ4v) is 2.85. The Morgan fingerprint density at radius 3 is 3.05 bits per heavy atom. The van der Waals surface area contributed by atoms with Gasteiger partial charge in [-0.25, -0.2) is 0 Å². The van der Waals surface area contributed by atoms with Crippen molar-refractivity contribution in [3.63, 3.8) is 0 Å². The Morgan fingerprint density at radius 1 is 1.63 bits per heavy atom. The standard InChI is InChI=1S/C12H13IN4O2/c1-19-11-3-2-9(5-10(11)13)17-7-8(4-12(17)18)6-15-16-14/h2-3,5,8H,4,6-7H2,1H3. The molecule has 0 saturated carbocycles. The molecular weight excluding hydrogens is 359 g/mol. The number of ether oxygens (including phenoxy) is 1. The summed E-state index contributed by atoms with van der Waals surface area (Å²) in [6.45, 7) is 0.965. The van der Waals surface area contributed by atoms with E-state index in [1.807, 2.05) is 18.2 Å². The fraction of sp³-hybridized carbons (Fsp3) is 0.417. The van der Waals surface area contributed by atoms with Crippen LogP contribution in [0, 0.1) is 9.49 Å². The average molecular weight is 372 g/mol. The van der Waals surface area contributed by atoms with Gasteiger partial charge in [0.15, 0.2) is 0 Å². The van der Waals surface area contributed by atoms with Crippen molar-refractivity contribution < 1.29 is 9.53 Å². The van der Waals surface area contributed by atoms with E-state index in [0.717, 1.165) is 15.0 Å². The van der Waals surface area contributed by atoms with Crippen LogP contribution in [0.2, 0.25) is 0 Å². The largest absolute Gasteiger partial charge is 0.496 e. The number of azide groups is 1. The normalized spacial score (nSPS) is 18.3. The molecule has 1 atom stereocenters. The van der Waals surface area contributed by atoms with E-state index in [4.69, 9.17) is 10.3 Å². The highest BCUT2D eigenvalue weighted by atomic mass is 127. The van der Waals surface area contributed by atoms with Gasteiger partial charge in [-0.1, -0.05) is 5.11 Å². The molecule has 0 aromatic heterocycles. The number of amides is 1. The van der Waals surface area contributed by atoms with E-state index in [1.165, 1.54) is 0 Å². The van der Waals surface area contributed by atoms with Crippen LogP contribution in [0.15, 0.2) is 23.3 Å². The van der Waals surface area contributed by atoms with E-state index in [9.17, 15) is 4.79 Å². The van der Waals surface area contributed by atoms with Gasteiger partial charge in [0, 0.05) is 30.1 Å². The van der Waals surface area contributed by atoms with Crippen molar-refractivity contribution in [1.82, 2.24) is 0 Å². The Morgan fingerprint density at radius 2 is 2.42 bits per heavy atom. The zero-order valence-corrected chi connectivity index (χ0v) is 12.6. The molecular formula is C12H13IN4O2. The van der Waals surface area contributed by atoms with Crippen LogP contribution < -0.4 is 9.64 Å². The molecule has 6 nitrogen and oxygen atoms in total. The number of hydrogen-bond donors (Lipinski definition) is 0. The number of halogens is 1. The maximum atomic E-state index is 12.0. The zero-order valence-electron chi connectivity index (χ0n) is 10.4. The van der Waals surface area contributed by atoms with Gasteiger partial charge in [0.2, 0.25) is 5.91 Å². The Bertz CT molecular complexity index is 543. The summed E-state index contributed by atoms with van der Waals surface area (Å²) in [5.41, 5.74) is 9.17. The maximum Gasteiger partial charge on any atom is 0.227 e. The van der Waals surface area contributed by atoms with Crippen molar-refractivity contribution in [2.75, 3.05) is 25.1 Å². The van der Waals surface area contributed by atoms with Gasteiger partial charge < -0.3 is 9.64 Å². The Labute approximate surface area is 124 Å². The molecule has 7 heteroatoms. The molecule has 1 fully saturated rings. The second kappa shape index (κ2) is 6.12. The molecule has 19 heavy (non-hydrogen) atoms. The molecule has 1 aliphatic rings. The molecule has 1 aromatic carbocycles. The lowest BCUT2D eigenvalue weighted by atomic mass is 10.1. The second-order valence-corrected chi connectivity index (χ2v) is 5.47. The van der Waals surface area contributed by atoms with Crippen molar-refractivity contribution in [3.8, 4) is 5.75 Å². The molecule has 1 aromatic rings. The Hall–Kier alpha value is -1.47. The Kier molecular flexibility index (Phi) is 4.49. The molecule has 0 N–H and O–H groups in total. The molecule has 0 spiro atoms. The number of hydrogen-bond acceptors (Lipinski definition) is 3. The highest BCUT2D eigenvalue weighted by molar-refractivity contribution is 14.1. The summed E-state index contributed by atoms with van der Waals surface area (Å²) in [5.74, 6) is 0.962. The van der Waals surface area contributed by atoms with Crippen LogP contribution in [0.25, 0.3) is 10.4 Å². The number of methoxy groups -OCH3 is 1. The predicted molar refractivity (Wildman–Crippen MR) is 80.2 cm³/mol. The average Bonchev–Trinajstić information content (AvgIpc) is 2.77. The summed E-state index contributed by atoms with van der Waals surface area (Å²) in [6, 6.07) is 5.65. The number of benzene rings is 1. The molecule has 1 unspecified atom stereocenters. The lowest BCUT2D eigenvalue weighted by Gasteiger charge is -2.17. The van der Waals surface area contributed by atoms with E-state index in [0.29, 0.717) is 19.5 Å². The minimum absolute atomic E-state index is 0.0686. The molecule has 1 saturated heterocycles. The molecule has 0 bridgehead atoms. The first kappa shape index (κ1) is 14.0. The van der Waals surface area contributed by atoms with Gasteiger partial charge in [-0.2, -0.15) is 0 Å². The zero-order chi connectivity index (χ0) is 13.8. The molecule has 0 aliphatic carbocycles. The van der Waals surface area contributed by atoms with Gasteiger partial charge >= 0.3 is 0 Å². The van der Waals surface area contributed by atoms with Crippen LogP contribution in [0.5, 0.6) is 5.75 Å². The lowest BCUT2D eigenvalue weighted by molar-refractivity contribution is -0.117. The van der Waals surface area contributed by atoms with Gasteiger partial charge in [0.25, 0.3) is 0 Å². The summed E-state index contributed by atoms with van der Waals surface area (Å²) in [6.07, 6.45) is 0.432. The number of carbonyl (C=O) groups is 1. The first-order valence-corrected chi connectivity index (χ1v) is 6.88. The monoisotopic (exact) mass is 372 g/mol. The third-order valence-electron chi connectivity index (χ3n) is 3.06. The third kappa shape index (κ3) is 3.10. The van der Waals surface area contributed by atoms with Crippen LogP contribution in [-0.2, 0) is 4.79 Å². The van der Waals surface area contributed by atoms with E-state index < -0.39 is 0 Å². The quantitative estimate of drug-likeness (QED) is 0.353. The highest BCUT2D eigenvalue weighted by Crippen LogP contribution is 2.30. The van der Waals surface area contributed by atoms with Gasteiger partial charge in [-0.05, 0) is 52.2 Å². The SMILES string of the molecule is COc1ccc(N2CC(CN=[N+]=[N-])CC2=O)cc1I. The minimum atomic E-state index is 0.0686.